The van der Waals surface area contributed by atoms with Crippen LogP contribution in [-0.4, -0.2) is 24.9 Å². The van der Waals surface area contributed by atoms with Crippen molar-refractivity contribution in [2.24, 2.45) is 0 Å². The number of rotatable bonds is 5. The van der Waals surface area contributed by atoms with Gasteiger partial charge in [-0.15, -0.1) is 26.3 Å². The van der Waals surface area contributed by atoms with Gasteiger partial charge in [0.2, 0.25) is 0 Å². The van der Waals surface area contributed by atoms with Crippen LogP contribution in [0.2, 0.25) is 0 Å². The molecule has 0 aromatic heterocycles. The van der Waals surface area contributed by atoms with Crippen molar-refractivity contribution in [1.29, 1.82) is 0 Å². The second-order valence-electron chi connectivity index (χ2n) is 9.12. The average molecular weight is 660 g/mol. The van der Waals surface area contributed by atoms with Crippen LogP contribution in [0, 0.1) is 0 Å². The topological polar surface area (TPSA) is 21.7 Å². The molecule has 2 aliphatic rings. The summed E-state index contributed by atoms with van der Waals surface area (Å²) in [6.07, 6.45) is -17.7. The average Bonchev–Trinajstić information content (AvgIpc) is 3.43. The largest absolute Gasteiger partial charge is 0.573 e. The van der Waals surface area contributed by atoms with Crippen molar-refractivity contribution in [2.45, 2.75) is 36.3 Å². The predicted octanol–water partition coefficient (Wildman–Crippen LogP) is 9.30. The van der Waals surface area contributed by atoms with Gasteiger partial charge >= 0.3 is 18.9 Å². The van der Waals surface area contributed by atoms with Crippen LogP contribution in [0.5, 0.6) is 11.5 Å². The smallest absolute Gasteiger partial charge is 0.406 e. The van der Waals surface area contributed by atoms with Crippen molar-refractivity contribution in [3.8, 4) is 11.5 Å². The third-order valence-corrected chi connectivity index (χ3v) is 7.34. The van der Waals surface area contributed by atoms with Crippen LogP contribution in [0.4, 0.5) is 54.0 Å². The SMILES string of the molecule is FC(F)=C(c1ccc(OC(F)(F)F)cc1)N1c2ccc(Br)cc2[C@H]2[C@@H]1[C@]2(c1ccc(OC(F)(F)F)cc1)C(F)(F)F. The minimum absolute atomic E-state index is 0.00137. The van der Waals surface area contributed by atoms with E-state index in [9.17, 15) is 48.3 Å². The van der Waals surface area contributed by atoms with Gasteiger partial charge in [-0.05, 0) is 65.7 Å². The Morgan fingerprint density at radius 3 is 1.71 bits per heavy atom. The first-order valence-electron chi connectivity index (χ1n) is 11.4. The molecule has 3 atom stereocenters. The van der Waals surface area contributed by atoms with Crippen LogP contribution >= 0.6 is 15.9 Å². The molecule has 3 aromatic rings. The number of ether oxygens (including phenoxy) is 2. The van der Waals surface area contributed by atoms with Gasteiger partial charge in [0.05, 0.1) is 6.04 Å². The molecule has 15 heteroatoms. The van der Waals surface area contributed by atoms with Crippen molar-refractivity contribution >= 4 is 27.3 Å². The maximum Gasteiger partial charge on any atom is 0.573 e. The second kappa shape index (κ2) is 9.53. The molecule has 0 saturated heterocycles. The predicted molar refractivity (Wildman–Crippen MR) is 126 cm³/mol. The monoisotopic (exact) mass is 659 g/mol. The highest BCUT2D eigenvalue weighted by Gasteiger charge is 2.84. The maximum atomic E-state index is 14.9. The van der Waals surface area contributed by atoms with Gasteiger partial charge in [-0.3, -0.25) is 0 Å². The van der Waals surface area contributed by atoms with E-state index >= 15 is 0 Å². The normalized spacial score (nSPS) is 21.7. The zero-order valence-corrected chi connectivity index (χ0v) is 21.4. The molecule has 3 aromatic carbocycles. The summed E-state index contributed by atoms with van der Waals surface area (Å²) in [5.74, 6) is -2.96. The molecule has 0 bridgehead atoms. The fourth-order valence-electron chi connectivity index (χ4n) is 5.49. The standard InChI is InChI=1S/C26H13BrF11NO2/c27-14-5-10-18-17(11-14)19-21(23(19,24(30,31)32)13-3-8-16(9-4-13)41-26(36,37)38)39(18)20(22(28)29)12-1-6-15(7-2-12)40-25(33,34)35/h1-11,19,21H/t19-,21+,23+/m0/s1. The number of fused-ring (bicyclic) bond motifs is 3. The summed E-state index contributed by atoms with van der Waals surface area (Å²) in [7, 11) is 0. The molecule has 1 aliphatic carbocycles. The summed E-state index contributed by atoms with van der Waals surface area (Å²) >= 11 is 3.17. The Morgan fingerprint density at radius 2 is 1.24 bits per heavy atom. The van der Waals surface area contributed by atoms with E-state index in [1.165, 1.54) is 18.2 Å². The van der Waals surface area contributed by atoms with Gasteiger partial charge < -0.3 is 14.4 Å². The van der Waals surface area contributed by atoms with E-state index in [1.807, 2.05) is 0 Å². The third kappa shape index (κ3) is 5.08. The van der Waals surface area contributed by atoms with E-state index in [2.05, 4.69) is 25.4 Å². The van der Waals surface area contributed by atoms with Gasteiger partial charge in [-0.25, -0.2) is 0 Å². The lowest BCUT2D eigenvalue weighted by Crippen LogP contribution is -2.40. The fraction of sp³-hybridized carbons (Fsp3) is 0.231. The first-order chi connectivity index (χ1) is 18.9. The van der Waals surface area contributed by atoms with E-state index in [0.717, 1.165) is 41.3 Å². The van der Waals surface area contributed by atoms with Crippen molar-refractivity contribution in [1.82, 2.24) is 0 Å². The van der Waals surface area contributed by atoms with Crippen LogP contribution in [0.3, 0.4) is 0 Å². The fourth-order valence-corrected chi connectivity index (χ4v) is 5.86. The number of nitrogens with zero attached hydrogens (tertiary/aromatic N) is 1. The van der Waals surface area contributed by atoms with E-state index < -0.39 is 70.7 Å². The van der Waals surface area contributed by atoms with E-state index in [4.69, 9.17) is 0 Å². The Labute approximate surface area is 231 Å². The molecule has 218 valence electrons. The van der Waals surface area contributed by atoms with Crippen molar-refractivity contribution < 1.29 is 57.8 Å². The van der Waals surface area contributed by atoms with Gasteiger partial charge in [0.15, 0.2) is 0 Å². The number of anilines is 1. The summed E-state index contributed by atoms with van der Waals surface area (Å²) in [4.78, 5) is 0.773. The molecule has 41 heavy (non-hydrogen) atoms. The quantitative estimate of drug-likeness (QED) is 0.255. The first kappa shape index (κ1) is 29.0. The Morgan fingerprint density at radius 1 is 0.732 bits per heavy atom. The van der Waals surface area contributed by atoms with E-state index in [1.54, 1.807) is 0 Å². The van der Waals surface area contributed by atoms with Gasteiger partial charge in [0.1, 0.15) is 22.6 Å². The minimum atomic E-state index is -5.10. The molecule has 0 spiro atoms. The molecule has 1 heterocycles. The van der Waals surface area contributed by atoms with E-state index in [-0.39, 0.29) is 11.3 Å². The molecule has 1 aliphatic heterocycles. The molecule has 0 N–H and O–H groups in total. The van der Waals surface area contributed by atoms with Crippen LogP contribution in [-0.2, 0) is 5.41 Å². The van der Waals surface area contributed by atoms with Gasteiger partial charge in [-0.2, -0.15) is 22.0 Å². The Bertz CT molecular complexity index is 1490. The van der Waals surface area contributed by atoms with Crippen molar-refractivity contribution in [3.05, 3.63) is 94.0 Å². The van der Waals surface area contributed by atoms with Crippen molar-refractivity contribution in [2.75, 3.05) is 4.90 Å². The van der Waals surface area contributed by atoms with Gasteiger partial charge in [0, 0.05) is 21.6 Å². The van der Waals surface area contributed by atoms with E-state index in [0.29, 0.717) is 16.6 Å². The number of hydrogen-bond donors (Lipinski definition) is 0. The number of benzene rings is 3. The molecule has 0 amide bonds. The van der Waals surface area contributed by atoms with Gasteiger partial charge in [-0.1, -0.05) is 28.1 Å². The summed E-state index contributed by atoms with van der Waals surface area (Å²) < 4.78 is 157. The Hall–Kier alpha value is -3.49. The summed E-state index contributed by atoms with van der Waals surface area (Å²) in [6, 6.07) is 8.52. The lowest BCUT2D eigenvalue weighted by atomic mass is 9.87. The van der Waals surface area contributed by atoms with Crippen LogP contribution in [0.1, 0.15) is 22.6 Å². The minimum Gasteiger partial charge on any atom is -0.406 e. The third-order valence-electron chi connectivity index (χ3n) is 6.84. The number of hydrogen-bond acceptors (Lipinski definition) is 3. The zero-order chi connectivity index (χ0) is 30.1. The first-order valence-corrected chi connectivity index (χ1v) is 12.2. The van der Waals surface area contributed by atoms with Gasteiger partial charge in [0.25, 0.3) is 6.08 Å². The molecular weight excluding hydrogens is 647 g/mol. The molecule has 3 nitrogen and oxygen atoms in total. The summed E-state index contributed by atoms with van der Waals surface area (Å²) in [5.41, 5.74) is -4.66. The highest BCUT2D eigenvalue weighted by molar-refractivity contribution is 9.10. The lowest BCUT2D eigenvalue weighted by molar-refractivity contribution is -0.275. The zero-order valence-electron chi connectivity index (χ0n) is 19.8. The maximum absolute atomic E-state index is 14.9. The second-order valence-corrected chi connectivity index (χ2v) is 10.0. The molecule has 0 radical (unpaired) electrons. The van der Waals surface area contributed by atoms with Crippen LogP contribution < -0.4 is 14.4 Å². The molecule has 5 rings (SSSR count). The number of halogens is 12. The van der Waals surface area contributed by atoms with Crippen molar-refractivity contribution in [3.63, 3.8) is 0 Å². The van der Waals surface area contributed by atoms with Crippen LogP contribution in [0.15, 0.2) is 77.3 Å². The highest BCUT2D eigenvalue weighted by Crippen LogP contribution is 2.75. The Kier molecular flexibility index (Phi) is 6.74. The summed E-state index contributed by atoms with van der Waals surface area (Å²) in [5, 5.41) is 0. The molecule has 0 unspecified atom stereocenters. The Balaban J connectivity index is 1.64. The molecular formula is C26H13BrF11NO2. The summed E-state index contributed by atoms with van der Waals surface area (Å²) in [6.45, 7) is 0. The lowest BCUT2D eigenvalue weighted by Gasteiger charge is -2.33. The number of alkyl halides is 9. The van der Waals surface area contributed by atoms with Crippen LogP contribution in [0.25, 0.3) is 5.70 Å². The molecule has 1 fully saturated rings. The highest BCUT2D eigenvalue weighted by atomic mass is 79.9. The molecule has 1 saturated carbocycles.